The van der Waals surface area contributed by atoms with E-state index >= 15 is 0 Å². The second kappa shape index (κ2) is 8.69. The SMILES string of the molecule is Cc1cccc(C)c1Nc1nc(Nc2cccc(NC(C)C)c2)nc(C(C)(C)C)n1. The van der Waals surface area contributed by atoms with Crippen molar-refractivity contribution in [2.24, 2.45) is 0 Å². The Morgan fingerprint density at radius 3 is 1.93 bits per heavy atom. The zero-order chi connectivity index (χ0) is 21.9. The van der Waals surface area contributed by atoms with Gasteiger partial charge in [0.25, 0.3) is 0 Å². The average molecular weight is 405 g/mol. The van der Waals surface area contributed by atoms with Gasteiger partial charge in [0.2, 0.25) is 11.9 Å². The Kier molecular flexibility index (Phi) is 6.25. The highest BCUT2D eigenvalue weighted by Gasteiger charge is 2.20. The van der Waals surface area contributed by atoms with Crippen LogP contribution < -0.4 is 16.0 Å². The number of aromatic nitrogens is 3. The second-order valence-electron chi connectivity index (χ2n) is 8.95. The number of benzene rings is 2. The molecule has 0 aliphatic heterocycles. The maximum absolute atomic E-state index is 4.70. The van der Waals surface area contributed by atoms with Gasteiger partial charge in [-0.3, -0.25) is 0 Å². The van der Waals surface area contributed by atoms with Crippen LogP contribution in [0.3, 0.4) is 0 Å². The summed E-state index contributed by atoms with van der Waals surface area (Å²) in [6, 6.07) is 14.7. The summed E-state index contributed by atoms with van der Waals surface area (Å²) in [4.78, 5) is 14.0. The molecule has 0 amide bonds. The Balaban J connectivity index is 1.96. The van der Waals surface area contributed by atoms with Gasteiger partial charge in [0.05, 0.1) is 0 Å². The van der Waals surface area contributed by atoms with E-state index in [1.807, 2.05) is 18.2 Å². The summed E-state index contributed by atoms with van der Waals surface area (Å²) in [5, 5.41) is 10.2. The molecule has 3 aromatic rings. The molecule has 0 saturated heterocycles. The molecule has 0 atom stereocenters. The first kappa shape index (κ1) is 21.6. The van der Waals surface area contributed by atoms with E-state index < -0.39 is 0 Å². The largest absolute Gasteiger partial charge is 0.383 e. The lowest BCUT2D eigenvalue weighted by atomic mass is 9.96. The molecular weight excluding hydrogens is 372 g/mol. The fraction of sp³-hybridized carbons (Fsp3) is 0.375. The first-order valence-electron chi connectivity index (χ1n) is 10.4. The van der Waals surface area contributed by atoms with Crippen LogP contribution >= 0.6 is 0 Å². The summed E-state index contributed by atoms with van der Waals surface area (Å²) in [6.07, 6.45) is 0. The third-order valence-corrected chi connectivity index (χ3v) is 4.60. The maximum atomic E-state index is 4.70. The average Bonchev–Trinajstić information content (AvgIpc) is 2.64. The molecule has 0 unspecified atom stereocenters. The number of para-hydroxylation sites is 1. The molecular formula is C24H32N6. The zero-order valence-corrected chi connectivity index (χ0v) is 19.0. The van der Waals surface area contributed by atoms with Crippen LogP contribution in [0.1, 0.15) is 51.6 Å². The fourth-order valence-electron chi connectivity index (χ4n) is 3.10. The molecule has 3 rings (SSSR count). The van der Waals surface area contributed by atoms with Gasteiger partial charge in [-0.05, 0) is 57.0 Å². The minimum atomic E-state index is -0.211. The van der Waals surface area contributed by atoms with Crippen molar-refractivity contribution in [2.75, 3.05) is 16.0 Å². The molecule has 0 radical (unpaired) electrons. The van der Waals surface area contributed by atoms with E-state index in [0.717, 1.165) is 34.0 Å². The molecule has 0 aliphatic rings. The number of aryl methyl sites for hydroxylation is 2. The molecule has 2 aromatic carbocycles. The van der Waals surface area contributed by atoms with E-state index in [0.29, 0.717) is 17.9 Å². The Bertz CT molecular complexity index is 1000. The van der Waals surface area contributed by atoms with Crippen molar-refractivity contribution in [2.45, 2.75) is 59.9 Å². The Labute approximate surface area is 179 Å². The first-order valence-corrected chi connectivity index (χ1v) is 10.4. The van der Waals surface area contributed by atoms with Gasteiger partial charge in [-0.15, -0.1) is 0 Å². The van der Waals surface area contributed by atoms with Gasteiger partial charge in [0.15, 0.2) is 0 Å². The third kappa shape index (κ3) is 5.47. The van der Waals surface area contributed by atoms with Crippen LogP contribution in [0, 0.1) is 13.8 Å². The molecule has 6 nitrogen and oxygen atoms in total. The number of nitrogens with one attached hydrogen (secondary N) is 3. The van der Waals surface area contributed by atoms with Crippen molar-refractivity contribution >= 4 is 29.0 Å². The Morgan fingerprint density at radius 1 is 0.767 bits per heavy atom. The van der Waals surface area contributed by atoms with E-state index in [-0.39, 0.29) is 5.41 Å². The maximum Gasteiger partial charge on any atom is 0.232 e. The predicted octanol–water partition coefficient (Wildman–Crippen LogP) is 6.09. The number of hydrogen-bond acceptors (Lipinski definition) is 6. The molecule has 0 aliphatic carbocycles. The summed E-state index contributed by atoms with van der Waals surface area (Å²) in [5.74, 6) is 1.78. The van der Waals surface area contributed by atoms with Crippen LogP contribution in [-0.2, 0) is 5.41 Å². The Hall–Kier alpha value is -3.15. The lowest BCUT2D eigenvalue weighted by molar-refractivity contribution is 0.544. The van der Waals surface area contributed by atoms with E-state index in [4.69, 9.17) is 4.98 Å². The second-order valence-corrected chi connectivity index (χ2v) is 8.95. The van der Waals surface area contributed by atoms with Crippen LogP contribution in [0.5, 0.6) is 0 Å². The quantitative estimate of drug-likeness (QED) is 0.461. The lowest BCUT2D eigenvalue weighted by Crippen LogP contribution is -2.19. The summed E-state index contributed by atoms with van der Waals surface area (Å²) in [6.45, 7) is 14.7. The van der Waals surface area contributed by atoms with E-state index in [2.05, 4.69) is 98.6 Å². The summed E-state index contributed by atoms with van der Waals surface area (Å²) in [5.41, 5.74) is 5.08. The van der Waals surface area contributed by atoms with Crippen molar-refractivity contribution in [3.8, 4) is 0 Å². The van der Waals surface area contributed by atoms with Crippen molar-refractivity contribution in [3.05, 3.63) is 59.4 Å². The molecule has 1 heterocycles. The fourth-order valence-corrected chi connectivity index (χ4v) is 3.10. The molecule has 158 valence electrons. The first-order chi connectivity index (χ1) is 14.1. The van der Waals surface area contributed by atoms with Gasteiger partial charge in [0.1, 0.15) is 5.82 Å². The predicted molar refractivity (Wildman–Crippen MR) is 126 cm³/mol. The van der Waals surface area contributed by atoms with Gasteiger partial charge >= 0.3 is 0 Å². The van der Waals surface area contributed by atoms with Gasteiger partial charge in [0, 0.05) is 28.5 Å². The molecule has 3 N–H and O–H groups in total. The molecule has 30 heavy (non-hydrogen) atoms. The highest BCUT2D eigenvalue weighted by atomic mass is 15.2. The van der Waals surface area contributed by atoms with Crippen molar-refractivity contribution < 1.29 is 0 Å². The van der Waals surface area contributed by atoms with Gasteiger partial charge in [-0.25, -0.2) is 0 Å². The van der Waals surface area contributed by atoms with Crippen LogP contribution in [0.25, 0.3) is 0 Å². The van der Waals surface area contributed by atoms with Crippen LogP contribution in [-0.4, -0.2) is 21.0 Å². The molecule has 0 fully saturated rings. The lowest BCUT2D eigenvalue weighted by Gasteiger charge is -2.19. The summed E-state index contributed by atoms with van der Waals surface area (Å²) < 4.78 is 0. The molecule has 0 spiro atoms. The normalized spacial score (nSPS) is 11.5. The molecule has 6 heteroatoms. The van der Waals surface area contributed by atoms with Crippen LogP contribution in [0.15, 0.2) is 42.5 Å². The minimum absolute atomic E-state index is 0.211. The minimum Gasteiger partial charge on any atom is -0.383 e. The van der Waals surface area contributed by atoms with E-state index in [9.17, 15) is 0 Å². The monoisotopic (exact) mass is 404 g/mol. The molecule has 1 aromatic heterocycles. The summed E-state index contributed by atoms with van der Waals surface area (Å²) >= 11 is 0. The van der Waals surface area contributed by atoms with E-state index in [1.165, 1.54) is 0 Å². The number of anilines is 5. The van der Waals surface area contributed by atoms with Crippen LogP contribution in [0.2, 0.25) is 0 Å². The Morgan fingerprint density at radius 2 is 1.33 bits per heavy atom. The molecule has 0 saturated carbocycles. The third-order valence-electron chi connectivity index (χ3n) is 4.60. The van der Waals surface area contributed by atoms with Crippen molar-refractivity contribution in [3.63, 3.8) is 0 Å². The topological polar surface area (TPSA) is 74.8 Å². The molecule has 0 bridgehead atoms. The smallest absolute Gasteiger partial charge is 0.232 e. The highest BCUT2D eigenvalue weighted by Crippen LogP contribution is 2.27. The van der Waals surface area contributed by atoms with Gasteiger partial charge in [-0.2, -0.15) is 15.0 Å². The zero-order valence-electron chi connectivity index (χ0n) is 19.0. The number of hydrogen-bond donors (Lipinski definition) is 3. The van der Waals surface area contributed by atoms with Gasteiger partial charge < -0.3 is 16.0 Å². The summed E-state index contributed by atoms with van der Waals surface area (Å²) in [7, 11) is 0. The van der Waals surface area contributed by atoms with Gasteiger partial charge in [-0.1, -0.05) is 45.0 Å². The number of rotatable bonds is 6. The van der Waals surface area contributed by atoms with E-state index in [1.54, 1.807) is 0 Å². The standard InChI is InChI=1S/C24H32N6/c1-15(2)25-18-12-9-13-19(14-18)26-22-28-21(24(5,6)7)29-23(30-22)27-20-16(3)10-8-11-17(20)4/h8-15,25H,1-7H3,(H2,26,27,28,29,30). The van der Waals surface area contributed by atoms with Crippen molar-refractivity contribution in [1.29, 1.82) is 0 Å². The van der Waals surface area contributed by atoms with Crippen LogP contribution in [0.4, 0.5) is 29.0 Å². The van der Waals surface area contributed by atoms with Crippen molar-refractivity contribution in [1.82, 2.24) is 15.0 Å². The number of nitrogens with zero attached hydrogens (tertiary/aromatic N) is 3. The highest BCUT2D eigenvalue weighted by molar-refractivity contribution is 5.65.